The Bertz CT molecular complexity index is 409. The van der Waals surface area contributed by atoms with Crippen LogP contribution in [0.4, 0.5) is 0 Å². The average Bonchev–Trinajstić information content (AvgIpc) is 2.71. The molecule has 0 saturated carbocycles. The van der Waals surface area contributed by atoms with Crippen molar-refractivity contribution < 1.29 is 19.1 Å². The van der Waals surface area contributed by atoms with Crippen molar-refractivity contribution in [1.82, 2.24) is 10.2 Å². The molecule has 0 aliphatic carbocycles. The third-order valence-corrected chi connectivity index (χ3v) is 3.70. The Morgan fingerprint density at radius 1 is 1.58 bits per heavy atom. The maximum absolute atomic E-state index is 11.8. The molecule has 0 radical (unpaired) electrons. The molecule has 0 aromatic rings. The molecule has 0 spiro atoms. The minimum atomic E-state index is -0.537. The first-order valence-corrected chi connectivity index (χ1v) is 6.98. The summed E-state index contributed by atoms with van der Waals surface area (Å²) in [6.45, 7) is 3.78. The number of nitrogens with one attached hydrogen (secondary N) is 1. The van der Waals surface area contributed by atoms with Gasteiger partial charge in [-0.05, 0) is 13.3 Å². The van der Waals surface area contributed by atoms with E-state index >= 15 is 0 Å². The lowest BCUT2D eigenvalue weighted by molar-refractivity contribution is -0.135. The van der Waals surface area contributed by atoms with Gasteiger partial charge in [0.15, 0.2) is 0 Å². The molecule has 1 heterocycles. The molecule has 106 valence electrons. The van der Waals surface area contributed by atoms with Gasteiger partial charge in [0.1, 0.15) is 6.54 Å². The highest BCUT2D eigenvalue weighted by atomic mass is 32.2. The number of ether oxygens (including phenoxy) is 1. The van der Waals surface area contributed by atoms with Crippen LogP contribution in [-0.2, 0) is 19.1 Å². The molecule has 6 nitrogen and oxygen atoms in total. The topological polar surface area (TPSA) is 75.7 Å². The van der Waals surface area contributed by atoms with E-state index in [4.69, 9.17) is 0 Å². The number of methoxy groups -OCH3 is 1. The van der Waals surface area contributed by atoms with Crippen molar-refractivity contribution >= 4 is 29.5 Å². The van der Waals surface area contributed by atoms with Crippen LogP contribution in [-0.4, -0.2) is 48.1 Å². The number of rotatable bonds is 5. The molecule has 1 N–H and O–H groups in total. The molecule has 0 bridgehead atoms. The van der Waals surface area contributed by atoms with Crippen LogP contribution in [0.3, 0.4) is 0 Å². The fraction of sp³-hybridized carbons (Fsp3) is 0.583. The summed E-state index contributed by atoms with van der Waals surface area (Å²) in [5.74, 6) is -0.718. The van der Waals surface area contributed by atoms with E-state index in [0.29, 0.717) is 5.03 Å². The van der Waals surface area contributed by atoms with E-state index in [-0.39, 0.29) is 30.2 Å². The molecule has 1 atom stereocenters. The minimum absolute atomic E-state index is 0.0610. The molecule has 1 rings (SSSR count). The number of carbonyl (C=O) groups excluding carboxylic acids is 3. The van der Waals surface area contributed by atoms with E-state index in [1.54, 1.807) is 0 Å². The summed E-state index contributed by atoms with van der Waals surface area (Å²) in [7, 11) is 1.26. The number of hydrogen-bond donors (Lipinski definition) is 1. The number of carbonyl (C=O) groups is 3. The molecule has 19 heavy (non-hydrogen) atoms. The summed E-state index contributed by atoms with van der Waals surface area (Å²) in [6, 6.07) is 0.0610. The highest BCUT2D eigenvalue weighted by molar-refractivity contribution is 8.04. The molecule has 0 aromatic carbocycles. The van der Waals surface area contributed by atoms with Crippen molar-refractivity contribution in [2.75, 3.05) is 19.4 Å². The molecule has 7 heteroatoms. The molecule has 1 aliphatic heterocycles. The maximum atomic E-state index is 11.8. The first kappa shape index (κ1) is 15.6. The molecule has 1 fully saturated rings. The Labute approximate surface area is 116 Å². The lowest BCUT2D eigenvalue weighted by Crippen LogP contribution is -2.41. The van der Waals surface area contributed by atoms with Gasteiger partial charge in [-0.3, -0.25) is 14.5 Å². The SMILES string of the molecule is CC[C@@H](C)NC(=O)CN1C(=O)CS/C1=C\C(=O)OC. The lowest BCUT2D eigenvalue weighted by atomic mass is 10.2. The number of nitrogens with zero attached hydrogens (tertiary/aromatic N) is 1. The third-order valence-electron chi connectivity index (χ3n) is 2.67. The molecular weight excluding hydrogens is 268 g/mol. The quantitative estimate of drug-likeness (QED) is 0.588. The number of amides is 2. The van der Waals surface area contributed by atoms with Gasteiger partial charge in [-0.2, -0.15) is 0 Å². The van der Waals surface area contributed by atoms with Gasteiger partial charge in [0.2, 0.25) is 11.8 Å². The molecule has 1 aliphatic rings. The predicted molar refractivity (Wildman–Crippen MR) is 72.2 cm³/mol. The first-order valence-electron chi connectivity index (χ1n) is 6.00. The summed E-state index contributed by atoms with van der Waals surface area (Å²) in [6.07, 6.45) is 2.05. The largest absolute Gasteiger partial charge is 0.466 e. The van der Waals surface area contributed by atoms with Crippen LogP contribution < -0.4 is 5.32 Å². The van der Waals surface area contributed by atoms with Crippen molar-refractivity contribution in [2.24, 2.45) is 0 Å². The summed E-state index contributed by atoms with van der Waals surface area (Å²) in [5, 5.41) is 3.23. The predicted octanol–water partition coefficient (Wildman–Crippen LogP) is 0.491. The zero-order valence-electron chi connectivity index (χ0n) is 11.3. The standard InChI is InChI=1S/C12H18N2O4S/c1-4-8(2)13-9(15)6-14-10(16)7-19-11(14)5-12(17)18-3/h5,8H,4,6-7H2,1-3H3,(H,13,15)/b11-5-/t8-/m1/s1. The van der Waals surface area contributed by atoms with Crippen LogP contribution >= 0.6 is 11.8 Å². The van der Waals surface area contributed by atoms with Gasteiger partial charge in [-0.1, -0.05) is 18.7 Å². The smallest absolute Gasteiger partial charge is 0.333 e. The van der Waals surface area contributed by atoms with Crippen LogP contribution in [0.1, 0.15) is 20.3 Å². The van der Waals surface area contributed by atoms with Gasteiger partial charge in [0.25, 0.3) is 0 Å². The molecule has 0 aromatic heterocycles. The fourth-order valence-corrected chi connectivity index (χ4v) is 2.35. The van der Waals surface area contributed by atoms with Gasteiger partial charge in [-0.15, -0.1) is 0 Å². The Balaban J connectivity index is 2.68. The van der Waals surface area contributed by atoms with Crippen molar-refractivity contribution in [2.45, 2.75) is 26.3 Å². The van der Waals surface area contributed by atoms with Crippen LogP contribution in [0.5, 0.6) is 0 Å². The monoisotopic (exact) mass is 286 g/mol. The molecule has 2 amide bonds. The Morgan fingerprint density at radius 3 is 2.84 bits per heavy atom. The minimum Gasteiger partial charge on any atom is -0.466 e. The fourth-order valence-electron chi connectivity index (χ4n) is 1.43. The zero-order valence-corrected chi connectivity index (χ0v) is 12.1. The van der Waals surface area contributed by atoms with E-state index < -0.39 is 5.97 Å². The summed E-state index contributed by atoms with van der Waals surface area (Å²) >= 11 is 1.23. The van der Waals surface area contributed by atoms with Crippen molar-refractivity contribution in [3.05, 3.63) is 11.1 Å². The zero-order chi connectivity index (χ0) is 14.4. The normalized spacial score (nSPS) is 18.6. The lowest BCUT2D eigenvalue weighted by Gasteiger charge is -2.18. The average molecular weight is 286 g/mol. The van der Waals surface area contributed by atoms with E-state index in [1.807, 2.05) is 13.8 Å². The highest BCUT2D eigenvalue weighted by Crippen LogP contribution is 2.28. The maximum Gasteiger partial charge on any atom is 0.333 e. The second-order valence-corrected chi connectivity index (χ2v) is 5.15. The third kappa shape index (κ3) is 4.59. The van der Waals surface area contributed by atoms with Crippen molar-refractivity contribution in [3.63, 3.8) is 0 Å². The van der Waals surface area contributed by atoms with Gasteiger partial charge in [-0.25, -0.2) is 4.79 Å². The van der Waals surface area contributed by atoms with Gasteiger partial charge in [0.05, 0.1) is 24.0 Å². The summed E-state index contributed by atoms with van der Waals surface area (Å²) in [5.41, 5.74) is 0. The number of esters is 1. The van der Waals surface area contributed by atoms with Crippen LogP contribution in [0.15, 0.2) is 11.1 Å². The highest BCUT2D eigenvalue weighted by Gasteiger charge is 2.29. The van der Waals surface area contributed by atoms with Crippen molar-refractivity contribution in [1.29, 1.82) is 0 Å². The van der Waals surface area contributed by atoms with Gasteiger partial charge in [0, 0.05) is 6.04 Å². The summed E-state index contributed by atoms with van der Waals surface area (Å²) in [4.78, 5) is 35.9. The molecule has 1 saturated heterocycles. The van der Waals surface area contributed by atoms with Gasteiger partial charge >= 0.3 is 5.97 Å². The van der Waals surface area contributed by atoms with Crippen molar-refractivity contribution in [3.8, 4) is 0 Å². The number of thioether (sulfide) groups is 1. The van der Waals surface area contributed by atoms with Crippen LogP contribution in [0.25, 0.3) is 0 Å². The van der Waals surface area contributed by atoms with E-state index in [2.05, 4.69) is 10.1 Å². The Morgan fingerprint density at radius 2 is 2.26 bits per heavy atom. The van der Waals surface area contributed by atoms with E-state index in [1.165, 1.54) is 29.8 Å². The summed E-state index contributed by atoms with van der Waals surface area (Å²) < 4.78 is 4.52. The first-order chi connectivity index (χ1) is 8.97. The number of hydrogen-bond acceptors (Lipinski definition) is 5. The second-order valence-electron chi connectivity index (χ2n) is 4.15. The Hall–Kier alpha value is -1.50. The van der Waals surface area contributed by atoms with Crippen LogP contribution in [0, 0.1) is 0 Å². The molecular formula is C12H18N2O4S. The van der Waals surface area contributed by atoms with Gasteiger partial charge < -0.3 is 10.1 Å². The molecule has 0 unspecified atom stereocenters. The van der Waals surface area contributed by atoms with Crippen LogP contribution in [0.2, 0.25) is 0 Å². The van der Waals surface area contributed by atoms with E-state index in [9.17, 15) is 14.4 Å². The van der Waals surface area contributed by atoms with E-state index in [0.717, 1.165) is 6.42 Å². The Kier molecular flexibility index (Phi) is 5.88. The second kappa shape index (κ2) is 7.18.